The number of rotatable bonds is 8. The lowest BCUT2D eigenvalue weighted by atomic mass is 9.96. The maximum absolute atomic E-state index is 13.3. The van der Waals surface area contributed by atoms with Gasteiger partial charge in [-0.25, -0.2) is 4.98 Å². The highest BCUT2D eigenvalue weighted by Crippen LogP contribution is 2.44. The third-order valence-electron chi connectivity index (χ3n) is 6.13. The molecule has 3 aromatic carbocycles. The number of anilines is 1. The van der Waals surface area contributed by atoms with Gasteiger partial charge in [0.1, 0.15) is 5.69 Å². The number of aromatic nitrogens is 1. The van der Waals surface area contributed by atoms with E-state index in [1.165, 1.54) is 34.3 Å². The van der Waals surface area contributed by atoms with Crippen molar-refractivity contribution in [2.24, 2.45) is 0 Å². The molecule has 8 nitrogen and oxygen atoms in total. The van der Waals surface area contributed by atoms with E-state index < -0.39 is 11.9 Å². The van der Waals surface area contributed by atoms with Gasteiger partial charge in [-0.2, -0.15) is 0 Å². The lowest BCUT2D eigenvalue weighted by Crippen LogP contribution is -2.12. The third kappa shape index (κ3) is 5.87. The summed E-state index contributed by atoms with van der Waals surface area (Å²) in [5, 5.41) is 4.31. The summed E-state index contributed by atoms with van der Waals surface area (Å²) in [5.41, 5.74) is 5.17. The van der Waals surface area contributed by atoms with Gasteiger partial charge >= 0.3 is 5.97 Å². The fourth-order valence-electron chi connectivity index (χ4n) is 4.48. The van der Waals surface area contributed by atoms with Crippen molar-refractivity contribution in [3.8, 4) is 34.3 Å². The minimum atomic E-state index is -0.517. The second-order valence-corrected chi connectivity index (χ2v) is 9.41. The van der Waals surface area contributed by atoms with Gasteiger partial charge in [-0.3, -0.25) is 9.59 Å². The summed E-state index contributed by atoms with van der Waals surface area (Å²) in [6.07, 6.45) is 2.95. The van der Waals surface area contributed by atoms with E-state index in [1.54, 1.807) is 24.3 Å². The number of nitrogens with one attached hydrogen (secondary N) is 1. The number of aryl methyl sites for hydroxylation is 2. The van der Waals surface area contributed by atoms with Crippen LogP contribution in [-0.2, 0) is 9.59 Å². The lowest BCUT2D eigenvalue weighted by Gasteiger charge is -2.19. The van der Waals surface area contributed by atoms with Crippen molar-refractivity contribution < 1.29 is 28.5 Å². The van der Waals surface area contributed by atoms with E-state index in [9.17, 15) is 9.59 Å². The lowest BCUT2D eigenvalue weighted by molar-refractivity contribution is -0.132. The number of nitrogens with zero attached hydrogens (tertiary/aromatic N) is 1. The zero-order valence-electron chi connectivity index (χ0n) is 23.0. The van der Waals surface area contributed by atoms with Crippen LogP contribution >= 0.6 is 11.6 Å². The van der Waals surface area contributed by atoms with Crippen LogP contribution in [0.25, 0.3) is 28.1 Å². The summed E-state index contributed by atoms with van der Waals surface area (Å²) in [6.45, 7) is 5.27. The largest absolute Gasteiger partial charge is 0.493 e. The number of carbonyl (C=O) groups is 2. The van der Waals surface area contributed by atoms with E-state index in [-0.39, 0.29) is 23.1 Å². The van der Waals surface area contributed by atoms with E-state index in [0.29, 0.717) is 21.8 Å². The Balaban J connectivity index is 1.80. The Morgan fingerprint density at radius 2 is 1.62 bits per heavy atom. The summed E-state index contributed by atoms with van der Waals surface area (Å²) >= 11 is 6.64. The molecule has 9 heteroatoms. The van der Waals surface area contributed by atoms with Crippen LogP contribution in [0.5, 0.6) is 23.1 Å². The molecule has 0 bridgehead atoms. The molecule has 0 aliphatic heterocycles. The molecule has 4 rings (SSSR count). The molecule has 0 saturated carbocycles. The van der Waals surface area contributed by atoms with E-state index in [1.807, 2.05) is 44.2 Å². The first kappa shape index (κ1) is 28.4. The molecule has 0 spiro atoms. The number of benzene rings is 3. The molecule has 0 aliphatic rings. The van der Waals surface area contributed by atoms with Crippen molar-refractivity contribution in [2.45, 2.75) is 20.8 Å². The number of hydrogen-bond acceptors (Lipinski definition) is 7. The fraction of sp³-hybridized carbons (Fsp3) is 0.194. The number of ether oxygens (including phenoxy) is 4. The van der Waals surface area contributed by atoms with E-state index >= 15 is 0 Å². The van der Waals surface area contributed by atoms with Crippen LogP contribution in [0.3, 0.4) is 0 Å². The molecule has 1 N–H and O–H groups in total. The number of hydrogen-bond donors (Lipinski definition) is 1. The fourth-order valence-corrected chi connectivity index (χ4v) is 4.71. The Labute approximate surface area is 237 Å². The molecular formula is C31H29ClN2O6. The highest BCUT2D eigenvalue weighted by molar-refractivity contribution is 6.34. The summed E-state index contributed by atoms with van der Waals surface area (Å²) < 4.78 is 21.6. The topological polar surface area (TPSA) is 96.0 Å². The van der Waals surface area contributed by atoms with Gasteiger partial charge in [0.2, 0.25) is 17.5 Å². The molecule has 0 unspecified atom stereocenters. The van der Waals surface area contributed by atoms with Crippen molar-refractivity contribution in [2.75, 3.05) is 26.6 Å². The minimum absolute atomic E-state index is 0.154. The first-order valence-corrected chi connectivity index (χ1v) is 12.7. The Morgan fingerprint density at radius 3 is 2.23 bits per heavy atom. The summed E-state index contributed by atoms with van der Waals surface area (Å²) in [4.78, 5) is 29.5. The third-order valence-corrected chi connectivity index (χ3v) is 6.46. The predicted molar refractivity (Wildman–Crippen MR) is 157 cm³/mol. The van der Waals surface area contributed by atoms with Gasteiger partial charge in [0, 0.05) is 34.5 Å². The average molecular weight is 561 g/mol. The van der Waals surface area contributed by atoms with E-state index in [4.69, 9.17) is 35.5 Å². The highest BCUT2D eigenvalue weighted by atomic mass is 35.5. The number of fused-ring (bicyclic) bond motifs is 1. The molecule has 0 saturated heterocycles. The van der Waals surface area contributed by atoms with E-state index in [0.717, 1.165) is 27.6 Å². The predicted octanol–water partition coefficient (Wildman–Crippen LogP) is 6.78. The molecule has 0 radical (unpaired) electrons. The molecule has 1 amide bonds. The Kier molecular flexibility index (Phi) is 8.60. The Hall–Kier alpha value is -4.56. The van der Waals surface area contributed by atoms with E-state index in [2.05, 4.69) is 5.32 Å². The first-order valence-electron chi connectivity index (χ1n) is 12.3. The Bertz CT molecular complexity index is 1620. The summed E-state index contributed by atoms with van der Waals surface area (Å²) in [7, 11) is 4.39. The number of amides is 1. The SMILES string of the molecule is COc1cc(/C=C/C(=O)Nc2c(OC)nc3c(C)cc(C)cc3c2-c2ccccc2Cl)cc(OC)c1OC(C)=O. The summed E-state index contributed by atoms with van der Waals surface area (Å²) in [6, 6.07) is 14.7. The minimum Gasteiger partial charge on any atom is -0.493 e. The number of esters is 1. The molecule has 206 valence electrons. The van der Waals surface area contributed by atoms with Gasteiger partial charge in [-0.1, -0.05) is 41.4 Å². The highest BCUT2D eigenvalue weighted by Gasteiger charge is 2.22. The van der Waals surface area contributed by atoms with Crippen LogP contribution < -0.4 is 24.3 Å². The van der Waals surface area contributed by atoms with Crippen LogP contribution in [0, 0.1) is 13.8 Å². The molecule has 0 fully saturated rings. The molecule has 40 heavy (non-hydrogen) atoms. The molecular weight excluding hydrogens is 532 g/mol. The first-order chi connectivity index (χ1) is 19.2. The van der Waals surface area contributed by atoms with Crippen LogP contribution in [-0.4, -0.2) is 38.2 Å². The zero-order valence-corrected chi connectivity index (χ0v) is 23.8. The van der Waals surface area contributed by atoms with Gasteiger partial charge in [-0.05, 0) is 55.3 Å². The van der Waals surface area contributed by atoms with Crippen LogP contribution in [0.2, 0.25) is 5.02 Å². The number of carbonyl (C=O) groups excluding carboxylic acids is 2. The average Bonchev–Trinajstić information content (AvgIpc) is 2.92. The second-order valence-electron chi connectivity index (χ2n) is 9.00. The van der Waals surface area contributed by atoms with Crippen molar-refractivity contribution >= 4 is 46.1 Å². The van der Waals surface area contributed by atoms with Crippen LogP contribution in [0.15, 0.2) is 54.6 Å². The van der Waals surface area contributed by atoms with Gasteiger partial charge in [0.25, 0.3) is 0 Å². The van der Waals surface area contributed by atoms with Gasteiger partial charge < -0.3 is 24.3 Å². The quantitative estimate of drug-likeness (QED) is 0.144. The van der Waals surface area contributed by atoms with Gasteiger partial charge in [0.15, 0.2) is 11.5 Å². The molecule has 1 aromatic heterocycles. The number of methoxy groups -OCH3 is 3. The zero-order chi connectivity index (χ0) is 29.0. The van der Waals surface area contributed by atoms with Gasteiger partial charge in [0.05, 0.1) is 26.8 Å². The Morgan fingerprint density at radius 1 is 0.950 bits per heavy atom. The van der Waals surface area contributed by atoms with Crippen molar-refractivity contribution in [3.63, 3.8) is 0 Å². The molecule has 1 heterocycles. The van der Waals surface area contributed by atoms with Crippen LogP contribution in [0.4, 0.5) is 5.69 Å². The second kappa shape index (κ2) is 12.1. The maximum atomic E-state index is 13.3. The molecule has 0 atom stereocenters. The van der Waals surface area contributed by atoms with Crippen molar-refractivity contribution in [3.05, 3.63) is 76.3 Å². The van der Waals surface area contributed by atoms with Gasteiger partial charge in [-0.15, -0.1) is 0 Å². The monoisotopic (exact) mass is 560 g/mol. The smallest absolute Gasteiger partial charge is 0.308 e. The van der Waals surface area contributed by atoms with Crippen molar-refractivity contribution in [1.29, 1.82) is 0 Å². The molecule has 0 aliphatic carbocycles. The normalized spacial score (nSPS) is 11.0. The molecule has 4 aromatic rings. The number of halogens is 1. The number of pyridine rings is 1. The summed E-state index contributed by atoms with van der Waals surface area (Å²) in [5.74, 6) is 0.0193. The standard InChI is InChI=1S/C31H29ClN2O6/c1-17-13-18(2)28-22(14-17)27(21-9-7-8-10-23(21)32)29(31(34-28)39-6)33-26(36)12-11-20-15-24(37-4)30(40-19(3)35)25(16-20)38-5/h7-16H,1-6H3,(H,33,36)/b12-11+. The maximum Gasteiger partial charge on any atom is 0.308 e. The van der Waals surface area contributed by atoms with Crippen LogP contribution in [0.1, 0.15) is 23.6 Å². The van der Waals surface area contributed by atoms with Crippen molar-refractivity contribution in [1.82, 2.24) is 4.98 Å².